The summed E-state index contributed by atoms with van der Waals surface area (Å²) in [7, 11) is 0. The first-order valence-corrected chi connectivity index (χ1v) is 10.9. The van der Waals surface area contributed by atoms with Gasteiger partial charge in [0.2, 0.25) is 5.91 Å². The van der Waals surface area contributed by atoms with Crippen molar-refractivity contribution in [1.82, 2.24) is 4.90 Å². The molecule has 1 atom stereocenters. The van der Waals surface area contributed by atoms with Gasteiger partial charge in [0.25, 0.3) is 5.91 Å². The third-order valence-electron chi connectivity index (χ3n) is 5.87. The largest absolute Gasteiger partial charge is 0.480 e. The van der Waals surface area contributed by atoms with Gasteiger partial charge in [-0.15, -0.1) is 0 Å². The number of anilines is 1. The summed E-state index contributed by atoms with van der Waals surface area (Å²) in [6.07, 6.45) is 0.305. The maximum absolute atomic E-state index is 13.0. The number of amides is 2. The van der Waals surface area contributed by atoms with E-state index in [4.69, 9.17) is 0 Å². The molecule has 6 nitrogen and oxygen atoms in total. The number of rotatable bonds is 7. The number of aliphatic carboxylic acids is 1. The summed E-state index contributed by atoms with van der Waals surface area (Å²) in [6, 6.07) is 21.8. The van der Waals surface area contributed by atoms with Crippen LogP contribution in [0.5, 0.6) is 0 Å². The van der Waals surface area contributed by atoms with E-state index in [1.807, 2.05) is 72.8 Å². The molecular weight excluding hydrogens is 416 g/mol. The van der Waals surface area contributed by atoms with Crippen molar-refractivity contribution in [3.63, 3.8) is 0 Å². The van der Waals surface area contributed by atoms with Crippen LogP contribution in [-0.2, 0) is 22.6 Å². The number of carbonyl (C=O) groups is 3. The van der Waals surface area contributed by atoms with Gasteiger partial charge in [0.15, 0.2) is 0 Å². The highest BCUT2D eigenvalue weighted by molar-refractivity contribution is 6.01. The molecule has 0 spiro atoms. The molecule has 1 heterocycles. The van der Waals surface area contributed by atoms with E-state index >= 15 is 0 Å². The number of hydrogen-bond acceptors (Lipinski definition) is 3. The van der Waals surface area contributed by atoms with E-state index in [0.29, 0.717) is 24.2 Å². The van der Waals surface area contributed by atoms with Crippen LogP contribution in [0, 0.1) is 5.92 Å². The lowest BCUT2D eigenvalue weighted by atomic mass is 10.00. The Bertz CT molecular complexity index is 1190. The van der Waals surface area contributed by atoms with E-state index in [2.05, 4.69) is 5.32 Å². The van der Waals surface area contributed by atoms with Crippen LogP contribution in [0.3, 0.4) is 0 Å². The standard InChI is InChI=1S/C27H26N2O4/c1-17(2)25(27(32)33)29-16-21-9-8-20(15-23(21)26(29)31)19-10-12-22(13-11-19)28-24(30)14-18-6-4-3-5-7-18/h3-13,15,17,25H,14,16H2,1-2H3,(H,28,30)(H,32,33)/t25-/m0/s1. The van der Waals surface area contributed by atoms with Crippen molar-refractivity contribution in [2.75, 3.05) is 5.32 Å². The predicted molar refractivity (Wildman–Crippen MR) is 127 cm³/mol. The molecule has 2 N–H and O–H groups in total. The molecular formula is C27H26N2O4. The quantitative estimate of drug-likeness (QED) is 0.560. The molecule has 33 heavy (non-hydrogen) atoms. The van der Waals surface area contributed by atoms with Crippen LogP contribution in [0.2, 0.25) is 0 Å². The van der Waals surface area contributed by atoms with Crippen LogP contribution in [0.25, 0.3) is 11.1 Å². The molecule has 3 aromatic rings. The van der Waals surface area contributed by atoms with Crippen LogP contribution in [-0.4, -0.2) is 33.8 Å². The maximum atomic E-state index is 13.0. The molecule has 168 valence electrons. The lowest BCUT2D eigenvalue weighted by Crippen LogP contribution is -2.44. The minimum Gasteiger partial charge on any atom is -0.480 e. The molecule has 0 aromatic heterocycles. The number of hydrogen-bond donors (Lipinski definition) is 2. The number of benzene rings is 3. The third kappa shape index (κ3) is 4.80. The van der Waals surface area contributed by atoms with Gasteiger partial charge in [-0.25, -0.2) is 4.79 Å². The lowest BCUT2D eigenvalue weighted by Gasteiger charge is -2.27. The smallest absolute Gasteiger partial charge is 0.326 e. The molecule has 3 aromatic carbocycles. The average Bonchev–Trinajstić information content (AvgIpc) is 3.10. The second-order valence-corrected chi connectivity index (χ2v) is 8.62. The Hall–Kier alpha value is -3.93. The van der Waals surface area contributed by atoms with Crippen molar-refractivity contribution >= 4 is 23.5 Å². The fraction of sp³-hybridized carbons (Fsp3) is 0.222. The van der Waals surface area contributed by atoms with Crippen LogP contribution in [0.1, 0.15) is 35.3 Å². The number of nitrogens with zero attached hydrogens (tertiary/aromatic N) is 1. The molecule has 0 bridgehead atoms. The maximum Gasteiger partial charge on any atom is 0.326 e. The minimum atomic E-state index is -0.990. The zero-order chi connectivity index (χ0) is 23.5. The molecule has 0 fully saturated rings. The van der Waals surface area contributed by atoms with Crippen LogP contribution in [0.15, 0.2) is 72.8 Å². The van der Waals surface area contributed by atoms with E-state index in [0.717, 1.165) is 22.3 Å². The van der Waals surface area contributed by atoms with Crippen LogP contribution >= 0.6 is 0 Å². The molecule has 2 amide bonds. The summed E-state index contributed by atoms with van der Waals surface area (Å²) in [4.78, 5) is 38.4. The van der Waals surface area contributed by atoms with E-state index in [-0.39, 0.29) is 17.7 Å². The van der Waals surface area contributed by atoms with E-state index in [1.165, 1.54) is 4.90 Å². The number of carboxylic acids is 1. The molecule has 4 rings (SSSR count). The highest BCUT2D eigenvalue weighted by Gasteiger charge is 2.38. The third-order valence-corrected chi connectivity index (χ3v) is 5.87. The zero-order valence-electron chi connectivity index (χ0n) is 18.6. The Kier molecular flexibility index (Phi) is 6.27. The molecule has 0 saturated carbocycles. The van der Waals surface area contributed by atoms with Crippen molar-refractivity contribution in [1.29, 1.82) is 0 Å². The SMILES string of the molecule is CC(C)[C@@H](C(=O)O)N1Cc2ccc(-c3ccc(NC(=O)Cc4ccccc4)cc3)cc2C1=O. The Morgan fingerprint density at radius 1 is 0.970 bits per heavy atom. The molecule has 1 aliphatic heterocycles. The second kappa shape index (κ2) is 9.28. The number of carbonyl (C=O) groups excluding carboxylic acids is 2. The van der Waals surface area contributed by atoms with Gasteiger partial charge in [-0.1, -0.05) is 68.4 Å². The lowest BCUT2D eigenvalue weighted by molar-refractivity contribution is -0.144. The topological polar surface area (TPSA) is 86.7 Å². The molecule has 6 heteroatoms. The van der Waals surface area contributed by atoms with Crippen molar-refractivity contribution in [3.8, 4) is 11.1 Å². The van der Waals surface area contributed by atoms with Gasteiger partial charge >= 0.3 is 5.97 Å². The number of fused-ring (bicyclic) bond motifs is 1. The first kappa shape index (κ1) is 22.3. The normalized spacial score (nSPS) is 13.7. The van der Waals surface area contributed by atoms with Crippen LogP contribution < -0.4 is 5.32 Å². The van der Waals surface area contributed by atoms with Gasteiger partial charge in [0.1, 0.15) is 6.04 Å². The van der Waals surface area contributed by atoms with Gasteiger partial charge in [-0.2, -0.15) is 0 Å². The summed E-state index contributed by atoms with van der Waals surface area (Å²) < 4.78 is 0. The molecule has 0 saturated heterocycles. The minimum absolute atomic E-state index is 0.0877. The molecule has 0 radical (unpaired) electrons. The van der Waals surface area contributed by atoms with E-state index < -0.39 is 12.0 Å². The Morgan fingerprint density at radius 2 is 1.64 bits per heavy atom. The summed E-state index contributed by atoms with van der Waals surface area (Å²) in [6.45, 7) is 3.91. The number of carboxylic acid groups (broad SMARTS) is 1. The summed E-state index contributed by atoms with van der Waals surface area (Å²) in [5, 5.41) is 12.5. The number of nitrogens with one attached hydrogen (secondary N) is 1. The molecule has 1 aliphatic rings. The Morgan fingerprint density at radius 3 is 2.27 bits per heavy atom. The predicted octanol–water partition coefficient (Wildman–Crippen LogP) is 4.60. The van der Waals surface area contributed by atoms with Gasteiger partial charge in [-0.3, -0.25) is 9.59 Å². The van der Waals surface area contributed by atoms with E-state index in [1.54, 1.807) is 13.8 Å². The van der Waals surface area contributed by atoms with Crippen molar-refractivity contribution < 1.29 is 19.5 Å². The highest BCUT2D eigenvalue weighted by Crippen LogP contribution is 2.31. The van der Waals surface area contributed by atoms with Crippen molar-refractivity contribution in [3.05, 3.63) is 89.5 Å². The monoisotopic (exact) mass is 442 g/mol. The van der Waals surface area contributed by atoms with Crippen LogP contribution in [0.4, 0.5) is 5.69 Å². The fourth-order valence-corrected chi connectivity index (χ4v) is 4.24. The van der Waals surface area contributed by atoms with Crippen molar-refractivity contribution in [2.24, 2.45) is 5.92 Å². The Labute approximate surface area is 192 Å². The highest BCUT2D eigenvalue weighted by atomic mass is 16.4. The Balaban J connectivity index is 1.48. The van der Waals surface area contributed by atoms with Gasteiger partial charge in [-0.05, 0) is 46.4 Å². The summed E-state index contributed by atoms with van der Waals surface area (Å²) in [5.74, 6) is -1.52. The fourth-order valence-electron chi connectivity index (χ4n) is 4.24. The molecule has 0 aliphatic carbocycles. The second-order valence-electron chi connectivity index (χ2n) is 8.62. The first-order valence-electron chi connectivity index (χ1n) is 10.9. The van der Waals surface area contributed by atoms with Gasteiger partial charge in [0.05, 0.1) is 6.42 Å². The summed E-state index contributed by atoms with van der Waals surface area (Å²) in [5.41, 5.74) is 4.79. The zero-order valence-corrected chi connectivity index (χ0v) is 18.6. The van der Waals surface area contributed by atoms with Gasteiger partial charge in [0, 0.05) is 17.8 Å². The van der Waals surface area contributed by atoms with Gasteiger partial charge < -0.3 is 15.3 Å². The average molecular weight is 443 g/mol. The first-order chi connectivity index (χ1) is 15.8. The van der Waals surface area contributed by atoms with Crippen molar-refractivity contribution in [2.45, 2.75) is 32.9 Å². The van der Waals surface area contributed by atoms with E-state index in [9.17, 15) is 19.5 Å². The summed E-state index contributed by atoms with van der Waals surface area (Å²) >= 11 is 0. The molecule has 0 unspecified atom stereocenters.